The number of hydrogen-bond acceptors (Lipinski definition) is 6. The van der Waals surface area contributed by atoms with E-state index >= 15 is 0 Å². The molecule has 142 valence electrons. The monoisotopic (exact) mass is 385 g/mol. The number of ether oxygens (including phenoxy) is 1. The number of benzene rings is 1. The molecule has 1 aromatic carbocycles. The second-order valence-electron chi connectivity index (χ2n) is 6.23. The van der Waals surface area contributed by atoms with Crippen LogP contribution in [0.2, 0.25) is 0 Å². The van der Waals surface area contributed by atoms with Crippen LogP contribution in [0.4, 0.5) is 0 Å². The molecule has 0 unspecified atom stereocenters. The minimum Gasteiger partial charge on any atom is -0.492 e. The zero-order chi connectivity index (χ0) is 19.4. The first kappa shape index (κ1) is 19.2. The molecule has 0 aliphatic heterocycles. The van der Waals surface area contributed by atoms with Crippen LogP contribution in [0.1, 0.15) is 17.0 Å². The van der Waals surface area contributed by atoms with Gasteiger partial charge < -0.3 is 9.64 Å². The van der Waals surface area contributed by atoms with E-state index in [1.165, 1.54) is 11.8 Å². The molecule has 0 fully saturated rings. The molecule has 2 heterocycles. The molecule has 0 spiro atoms. The fraction of sp³-hybridized carbons (Fsp3) is 0.368. The van der Waals surface area contributed by atoms with Crippen molar-refractivity contribution in [2.75, 3.05) is 26.5 Å². The van der Waals surface area contributed by atoms with Crippen molar-refractivity contribution in [3.8, 4) is 5.75 Å². The van der Waals surface area contributed by atoms with Crippen LogP contribution in [0.15, 0.2) is 35.5 Å². The lowest BCUT2D eigenvalue weighted by molar-refractivity contribution is -0.129. The Morgan fingerprint density at radius 2 is 1.96 bits per heavy atom. The lowest BCUT2D eigenvalue weighted by Crippen LogP contribution is -2.32. The molecule has 0 aliphatic rings. The van der Waals surface area contributed by atoms with E-state index in [0.717, 1.165) is 22.7 Å². The molecule has 0 bridgehead atoms. The summed E-state index contributed by atoms with van der Waals surface area (Å²) in [5.41, 5.74) is 2.59. The first-order valence-corrected chi connectivity index (χ1v) is 9.90. The number of para-hydroxylation sites is 1. The van der Waals surface area contributed by atoms with Crippen molar-refractivity contribution >= 4 is 23.4 Å². The molecule has 0 saturated carbocycles. The summed E-state index contributed by atoms with van der Waals surface area (Å²) >= 11 is 1.47. The number of rotatable bonds is 7. The number of amides is 1. The van der Waals surface area contributed by atoms with Crippen LogP contribution in [0, 0.1) is 13.8 Å². The minimum atomic E-state index is 0.0178. The minimum absolute atomic E-state index is 0.0178. The first-order chi connectivity index (χ1) is 13.0. The summed E-state index contributed by atoms with van der Waals surface area (Å²) in [6.45, 7) is 4.81. The zero-order valence-corrected chi connectivity index (χ0v) is 16.8. The van der Waals surface area contributed by atoms with Gasteiger partial charge in [0.15, 0.2) is 0 Å². The van der Waals surface area contributed by atoms with Crippen LogP contribution in [-0.2, 0) is 11.2 Å². The molecule has 2 aromatic heterocycles. The van der Waals surface area contributed by atoms with Gasteiger partial charge in [-0.05, 0) is 32.2 Å². The van der Waals surface area contributed by atoms with Crippen molar-refractivity contribution < 1.29 is 9.53 Å². The summed E-state index contributed by atoms with van der Waals surface area (Å²) in [4.78, 5) is 23.2. The highest BCUT2D eigenvalue weighted by Crippen LogP contribution is 2.17. The number of hydrogen-bond donors (Lipinski definition) is 0. The fourth-order valence-corrected chi connectivity index (χ4v) is 3.10. The van der Waals surface area contributed by atoms with Gasteiger partial charge in [0.05, 0.1) is 13.0 Å². The van der Waals surface area contributed by atoms with Crippen molar-refractivity contribution in [2.24, 2.45) is 0 Å². The topological polar surface area (TPSA) is 72.6 Å². The molecule has 3 aromatic rings. The predicted octanol–water partition coefficient (Wildman–Crippen LogP) is 2.54. The predicted molar refractivity (Wildman–Crippen MR) is 105 cm³/mol. The Bertz CT molecular complexity index is 942. The number of fused-ring (bicyclic) bond motifs is 1. The molecule has 0 atom stereocenters. The van der Waals surface area contributed by atoms with E-state index in [2.05, 4.69) is 15.1 Å². The second kappa shape index (κ2) is 8.39. The van der Waals surface area contributed by atoms with E-state index in [9.17, 15) is 4.79 Å². The van der Waals surface area contributed by atoms with E-state index in [1.807, 2.05) is 50.4 Å². The number of nitrogens with zero attached hydrogens (tertiary/aromatic N) is 5. The van der Waals surface area contributed by atoms with Gasteiger partial charge in [-0.15, -0.1) is 5.10 Å². The maximum absolute atomic E-state index is 12.6. The molecule has 0 aliphatic carbocycles. The Hall–Kier alpha value is -2.61. The summed E-state index contributed by atoms with van der Waals surface area (Å²) in [5.74, 6) is 1.38. The molecule has 1 amide bonds. The Morgan fingerprint density at radius 3 is 2.67 bits per heavy atom. The van der Waals surface area contributed by atoms with E-state index < -0.39 is 0 Å². The van der Waals surface area contributed by atoms with Gasteiger partial charge in [0.1, 0.15) is 12.4 Å². The number of aryl methyl sites for hydroxylation is 2. The largest absolute Gasteiger partial charge is 0.492 e. The number of aromatic nitrogens is 4. The number of carbonyl (C=O) groups is 1. The molecule has 7 nitrogen and oxygen atoms in total. The standard InChI is InChI=1S/C19H23N5O2S/c1-13-16(14(2)24-18(20-13)21-19(22-24)27-4)12-17(25)23(3)10-11-26-15-8-6-5-7-9-15/h5-9H,10-12H2,1-4H3. The van der Waals surface area contributed by atoms with Gasteiger partial charge in [-0.3, -0.25) is 4.79 Å². The summed E-state index contributed by atoms with van der Waals surface area (Å²) < 4.78 is 7.37. The highest BCUT2D eigenvalue weighted by molar-refractivity contribution is 7.98. The highest BCUT2D eigenvalue weighted by atomic mass is 32.2. The van der Waals surface area contributed by atoms with Crippen molar-refractivity contribution in [1.82, 2.24) is 24.5 Å². The van der Waals surface area contributed by atoms with Crippen molar-refractivity contribution in [3.63, 3.8) is 0 Å². The quantitative estimate of drug-likeness (QED) is 0.582. The van der Waals surface area contributed by atoms with Crippen molar-refractivity contribution in [1.29, 1.82) is 0 Å². The van der Waals surface area contributed by atoms with Gasteiger partial charge in [-0.2, -0.15) is 4.98 Å². The Balaban J connectivity index is 1.66. The normalized spacial score (nSPS) is 11.0. The lowest BCUT2D eigenvalue weighted by Gasteiger charge is -2.19. The molecule has 0 radical (unpaired) electrons. The third kappa shape index (κ3) is 4.39. The molecule has 0 N–H and O–H groups in total. The van der Waals surface area contributed by atoms with Crippen LogP contribution in [0.5, 0.6) is 5.75 Å². The fourth-order valence-electron chi connectivity index (χ4n) is 2.76. The van der Waals surface area contributed by atoms with E-state index in [-0.39, 0.29) is 12.3 Å². The molecule has 0 saturated heterocycles. The molecular formula is C19H23N5O2S. The van der Waals surface area contributed by atoms with Crippen LogP contribution >= 0.6 is 11.8 Å². The number of thioether (sulfide) groups is 1. The van der Waals surface area contributed by atoms with E-state index in [4.69, 9.17) is 4.74 Å². The maximum atomic E-state index is 12.6. The van der Waals surface area contributed by atoms with Gasteiger partial charge in [0, 0.05) is 24.0 Å². The summed E-state index contributed by atoms with van der Waals surface area (Å²) in [5, 5.41) is 5.10. The molecule has 27 heavy (non-hydrogen) atoms. The Labute approximate surface area is 162 Å². The Morgan fingerprint density at radius 1 is 1.22 bits per heavy atom. The van der Waals surface area contributed by atoms with Gasteiger partial charge in [0.25, 0.3) is 5.78 Å². The van der Waals surface area contributed by atoms with Crippen molar-refractivity contribution in [2.45, 2.75) is 25.4 Å². The summed E-state index contributed by atoms with van der Waals surface area (Å²) in [7, 11) is 1.79. The third-order valence-corrected chi connectivity index (χ3v) is 4.94. The molecule has 8 heteroatoms. The Kier molecular flexibility index (Phi) is 5.95. The molecule has 3 rings (SSSR count). The van der Waals surface area contributed by atoms with E-state index in [0.29, 0.717) is 24.1 Å². The summed E-state index contributed by atoms with van der Waals surface area (Å²) in [6.07, 6.45) is 2.20. The molecular weight excluding hydrogens is 362 g/mol. The van der Waals surface area contributed by atoms with Crippen LogP contribution in [0.3, 0.4) is 0 Å². The van der Waals surface area contributed by atoms with Crippen molar-refractivity contribution in [3.05, 3.63) is 47.3 Å². The number of likely N-dealkylation sites (N-methyl/N-ethyl adjacent to an activating group) is 1. The van der Waals surface area contributed by atoms with E-state index in [1.54, 1.807) is 16.5 Å². The second-order valence-corrected chi connectivity index (χ2v) is 7.00. The lowest BCUT2D eigenvalue weighted by atomic mass is 10.1. The van der Waals surface area contributed by atoms with Crippen LogP contribution in [-0.4, -0.2) is 56.8 Å². The van der Waals surface area contributed by atoms with Crippen LogP contribution in [0.25, 0.3) is 5.78 Å². The first-order valence-electron chi connectivity index (χ1n) is 8.68. The number of carbonyl (C=O) groups excluding carboxylic acids is 1. The third-order valence-electron chi connectivity index (χ3n) is 4.40. The average molecular weight is 385 g/mol. The van der Waals surface area contributed by atoms with Crippen LogP contribution < -0.4 is 4.74 Å². The highest BCUT2D eigenvalue weighted by Gasteiger charge is 2.18. The van der Waals surface area contributed by atoms with Gasteiger partial charge in [-0.25, -0.2) is 9.50 Å². The average Bonchev–Trinajstić information content (AvgIpc) is 3.09. The maximum Gasteiger partial charge on any atom is 0.253 e. The SMILES string of the molecule is CSc1nc2nc(C)c(CC(=O)N(C)CCOc3ccccc3)c(C)n2n1. The van der Waals surface area contributed by atoms with Gasteiger partial charge in [-0.1, -0.05) is 30.0 Å². The smallest absolute Gasteiger partial charge is 0.253 e. The van der Waals surface area contributed by atoms with Gasteiger partial charge >= 0.3 is 0 Å². The summed E-state index contributed by atoms with van der Waals surface area (Å²) in [6, 6.07) is 9.58. The zero-order valence-electron chi connectivity index (χ0n) is 16.0. The van der Waals surface area contributed by atoms with Gasteiger partial charge in [0.2, 0.25) is 11.1 Å².